The first-order valence-electron chi connectivity index (χ1n) is 11.2. The molecule has 1 unspecified atom stereocenters. The zero-order valence-corrected chi connectivity index (χ0v) is 18.4. The van der Waals surface area contributed by atoms with Gasteiger partial charge in [-0.05, 0) is 51.2 Å². The van der Waals surface area contributed by atoms with Gasteiger partial charge in [-0.25, -0.2) is 0 Å². The van der Waals surface area contributed by atoms with Crippen LogP contribution in [0, 0.1) is 0 Å². The van der Waals surface area contributed by atoms with Gasteiger partial charge in [0.25, 0.3) is 6.01 Å². The Morgan fingerprint density at radius 2 is 1.94 bits per heavy atom. The average molecular weight is 434 g/mol. The third-order valence-electron chi connectivity index (χ3n) is 6.55. The van der Waals surface area contributed by atoms with Crippen molar-refractivity contribution >= 4 is 39.7 Å². The van der Waals surface area contributed by atoms with Crippen molar-refractivity contribution in [2.24, 2.45) is 0 Å². The molecule has 166 valence electrons. The van der Waals surface area contributed by atoms with Gasteiger partial charge in [0.05, 0.1) is 13.2 Å². The van der Waals surface area contributed by atoms with Crippen LogP contribution in [0.4, 0.5) is 17.5 Å². The highest BCUT2D eigenvalue weighted by Gasteiger charge is 2.26. The van der Waals surface area contributed by atoms with Crippen LogP contribution in [0.5, 0.6) is 0 Å². The summed E-state index contributed by atoms with van der Waals surface area (Å²) in [7, 11) is 4.29. The van der Waals surface area contributed by atoms with E-state index >= 15 is 0 Å². The van der Waals surface area contributed by atoms with Crippen molar-refractivity contribution < 1.29 is 13.6 Å². The molecule has 4 aromatic rings. The highest BCUT2D eigenvalue weighted by atomic mass is 16.5. The van der Waals surface area contributed by atoms with Crippen LogP contribution >= 0.6 is 0 Å². The second kappa shape index (κ2) is 7.79. The molecule has 0 bridgehead atoms. The molecule has 1 aliphatic carbocycles. The largest absolute Gasteiger partial charge is 0.442 e. The van der Waals surface area contributed by atoms with Crippen LogP contribution in [0.2, 0.25) is 0 Å². The van der Waals surface area contributed by atoms with Crippen LogP contribution in [0.25, 0.3) is 22.2 Å². The monoisotopic (exact) mass is 433 g/mol. The van der Waals surface area contributed by atoms with E-state index in [1.807, 2.05) is 24.3 Å². The number of fused-ring (bicyclic) bond motifs is 4. The molecule has 8 heteroatoms. The summed E-state index contributed by atoms with van der Waals surface area (Å²) in [6.45, 7) is 2.99. The van der Waals surface area contributed by atoms with Gasteiger partial charge < -0.3 is 28.7 Å². The first-order chi connectivity index (χ1) is 15.6. The molecule has 0 spiro atoms. The fraction of sp³-hybridized carbons (Fsp3) is 0.417. The van der Waals surface area contributed by atoms with E-state index in [2.05, 4.69) is 40.3 Å². The summed E-state index contributed by atoms with van der Waals surface area (Å²) in [4.78, 5) is 13.8. The Hall–Kier alpha value is -3.10. The van der Waals surface area contributed by atoms with Gasteiger partial charge >= 0.3 is 0 Å². The maximum atomic E-state index is 6.12. The molecule has 4 heterocycles. The minimum atomic E-state index is 0.553. The summed E-state index contributed by atoms with van der Waals surface area (Å²) in [6, 6.07) is 11.3. The van der Waals surface area contributed by atoms with Crippen molar-refractivity contribution in [3.05, 3.63) is 41.7 Å². The lowest BCUT2D eigenvalue weighted by atomic mass is 9.91. The highest BCUT2D eigenvalue weighted by molar-refractivity contribution is 5.83. The number of hydrogen-bond acceptors (Lipinski definition) is 8. The maximum absolute atomic E-state index is 6.12. The number of pyridine rings is 1. The molecular formula is C24H27N5O3. The minimum Gasteiger partial charge on any atom is -0.442 e. The summed E-state index contributed by atoms with van der Waals surface area (Å²) in [5.41, 5.74) is 4.51. The third kappa shape index (κ3) is 3.49. The lowest BCUT2D eigenvalue weighted by molar-refractivity contribution is 0.120. The Morgan fingerprint density at radius 3 is 2.78 bits per heavy atom. The number of ether oxygens (including phenoxy) is 1. The number of furan rings is 1. The number of benzene rings is 1. The van der Waals surface area contributed by atoms with Gasteiger partial charge in [-0.2, -0.15) is 9.97 Å². The van der Waals surface area contributed by atoms with E-state index in [1.54, 1.807) is 0 Å². The van der Waals surface area contributed by atoms with Gasteiger partial charge in [-0.3, -0.25) is 0 Å². The van der Waals surface area contributed by atoms with Gasteiger partial charge in [0.2, 0.25) is 5.71 Å². The van der Waals surface area contributed by atoms with E-state index in [0.717, 1.165) is 66.1 Å². The third-order valence-corrected chi connectivity index (χ3v) is 6.55. The molecule has 1 atom stereocenters. The smallest absolute Gasteiger partial charge is 0.298 e. The Bertz CT molecular complexity index is 1270. The summed E-state index contributed by atoms with van der Waals surface area (Å²) in [5.74, 6) is 1.83. The van der Waals surface area contributed by atoms with Crippen LogP contribution in [-0.4, -0.2) is 61.3 Å². The first kappa shape index (κ1) is 19.6. The van der Waals surface area contributed by atoms with E-state index in [9.17, 15) is 0 Å². The molecule has 32 heavy (non-hydrogen) atoms. The molecule has 0 radical (unpaired) electrons. The van der Waals surface area contributed by atoms with E-state index in [-0.39, 0.29) is 0 Å². The Balaban J connectivity index is 1.25. The van der Waals surface area contributed by atoms with E-state index < -0.39 is 0 Å². The number of likely N-dealkylation sites (N-methyl/N-ethyl adjacent to an activating group) is 1. The van der Waals surface area contributed by atoms with Crippen molar-refractivity contribution in [1.82, 2.24) is 14.9 Å². The second-order valence-electron chi connectivity index (χ2n) is 8.82. The fourth-order valence-corrected chi connectivity index (χ4v) is 4.68. The SMILES string of the molecule is CN(C)C1CCc2oc3nc(Nc4ccc5nc(N6CCOCC6)oc5c4)ccc3c2C1. The van der Waals surface area contributed by atoms with Crippen LogP contribution in [0.1, 0.15) is 17.7 Å². The van der Waals surface area contributed by atoms with Crippen molar-refractivity contribution in [1.29, 1.82) is 0 Å². The zero-order chi connectivity index (χ0) is 21.7. The maximum Gasteiger partial charge on any atom is 0.298 e. The molecule has 1 aliphatic heterocycles. The second-order valence-corrected chi connectivity index (χ2v) is 8.82. The molecule has 0 saturated carbocycles. The molecule has 1 aromatic carbocycles. The van der Waals surface area contributed by atoms with Gasteiger partial charge in [0.1, 0.15) is 17.1 Å². The number of oxazole rings is 1. The number of anilines is 3. The molecule has 8 nitrogen and oxygen atoms in total. The molecule has 1 N–H and O–H groups in total. The number of rotatable bonds is 4. The van der Waals surface area contributed by atoms with Crippen LogP contribution in [0.3, 0.4) is 0 Å². The lowest BCUT2D eigenvalue weighted by Crippen LogP contribution is -2.36. The number of nitrogens with zero attached hydrogens (tertiary/aromatic N) is 4. The summed E-state index contributed by atoms with van der Waals surface area (Å²) >= 11 is 0. The van der Waals surface area contributed by atoms with Crippen molar-refractivity contribution in [2.75, 3.05) is 50.6 Å². The standard InChI is InChI=1S/C24H27N5O3/c1-28(2)16-4-7-20-18(14-16)17-5-8-22(27-23(17)31-20)25-15-3-6-19-21(13-15)32-24(26-19)29-9-11-30-12-10-29/h3,5-6,8,13,16H,4,7,9-12,14H2,1-2H3,(H,25,27). The number of hydrogen-bond donors (Lipinski definition) is 1. The molecule has 3 aromatic heterocycles. The van der Waals surface area contributed by atoms with Gasteiger partial charge in [0.15, 0.2) is 5.58 Å². The molecule has 1 fully saturated rings. The molecule has 6 rings (SSSR count). The molecular weight excluding hydrogens is 406 g/mol. The molecule has 0 amide bonds. The van der Waals surface area contributed by atoms with Crippen molar-refractivity contribution in [3.8, 4) is 0 Å². The van der Waals surface area contributed by atoms with Gasteiger partial charge in [-0.15, -0.1) is 0 Å². The lowest BCUT2D eigenvalue weighted by Gasteiger charge is -2.27. The van der Waals surface area contributed by atoms with Gasteiger partial charge in [0, 0.05) is 48.3 Å². The number of aromatic nitrogens is 2. The normalized spacial score (nSPS) is 19.1. The van der Waals surface area contributed by atoms with Crippen molar-refractivity contribution in [3.63, 3.8) is 0 Å². The van der Waals surface area contributed by atoms with Crippen molar-refractivity contribution in [2.45, 2.75) is 25.3 Å². The average Bonchev–Trinajstić information content (AvgIpc) is 3.39. The summed E-state index contributed by atoms with van der Waals surface area (Å²) in [6.07, 6.45) is 3.09. The Labute approximate surface area is 186 Å². The quantitative estimate of drug-likeness (QED) is 0.518. The molecule has 1 saturated heterocycles. The predicted molar refractivity (Wildman–Crippen MR) is 124 cm³/mol. The number of morpholine rings is 1. The van der Waals surface area contributed by atoms with Crippen LogP contribution in [-0.2, 0) is 17.6 Å². The molecule has 2 aliphatic rings. The summed E-state index contributed by atoms with van der Waals surface area (Å²) in [5, 5.41) is 4.51. The topological polar surface area (TPSA) is 79.8 Å². The van der Waals surface area contributed by atoms with Crippen LogP contribution in [0.15, 0.2) is 39.2 Å². The number of nitrogens with one attached hydrogen (secondary N) is 1. The van der Waals surface area contributed by atoms with E-state index in [0.29, 0.717) is 31.0 Å². The number of aryl methyl sites for hydroxylation is 1. The Morgan fingerprint density at radius 1 is 1.06 bits per heavy atom. The highest BCUT2D eigenvalue weighted by Crippen LogP contribution is 2.33. The fourth-order valence-electron chi connectivity index (χ4n) is 4.68. The van der Waals surface area contributed by atoms with E-state index in [1.165, 1.54) is 5.56 Å². The summed E-state index contributed by atoms with van der Waals surface area (Å²) < 4.78 is 17.6. The predicted octanol–water partition coefficient (Wildman–Crippen LogP) is 3.97. The van der Waals surface area contributed by atoms with Gasteiger partial charge in [-0.1, -0.05) is 0 Å². The Kier molecular flexibility index (Phi) is 4.77. The van der Waals surface area contributed by atoms with Crippen LogP contribution < -0.4 is 10.2 Å². The zero-order valence-electron chi connectivity index (χ0n) is 18.4. The van der Waals surface area contributed by atoms with E-state index in [4.69, 9.17) is 18.6 Å². The first-order valence-corrected chi connectivity index (χ1v) is 11.2. The minimum absolute atomic E-state index is 0.553.